The number of rotatable bonds is 7. The Hall–Kier alpha value is -2.40. The maximum Gasteiger partial charge on any atom is 0.253 e. The zero-order chi connectivity index (χ0) is 18.2. The highest BCUT2D eigenvalue weighted by Gasteiger charge is 2.22. The standard InChI is InChI=1S/C20H26N2O3/c1-3-5-15(6-4-2)19(24)21-17-9-7-16(8-10-17)20(25)22-13-11-18(23)12-14-22/h3-4,7-10,15,18,23H,1-2,5-6,11-14H2,(H,21,24). The lowest BCUT2D eigenvalue weighted by Gasteiger charge is -2.29. The number of hydrogen-bond donors (Lipinski definition) is 2. The molecule has 0 radical (unpaired) electrons. The van der Waals surface area contributed by atoms with Crippen LogP contribution >= 0.6 is 0 Å². The predicted molar refractivity (Wildman–Crippen MR) is 99.3 cm³/mol. The average Bonchev–Trinajstić information content (AvgIpc) is 2.62. The number of piperidine rings is 1. The van der Waals surface area contributed by atoms with Gasteiger partial charge in [0.1, 0.15) is 0 Å². The Bertz CT molecular complexity index is 606. The van der Waals surface area contributed by atoms with Crippen molar-refractivity contribution < 1.29 is 14.7 Å². The highest BCUT2D eigenvalue weighted by Crippen LogP contribution is 2.18. The number of nitrogens with zero attached hydrogens (tertiary/aromatic N) is 1. The van der Waals surface area contributed by atoms with Gasteiger partial charge in [0.15, 0.2) is 0 Å². The van der Waals surface area contributed by atoms with Crippen LogP contribution in [-0.4, -0.2) is 41.0 Å². The van der Waals surface area contributed by atoms with Crippen LogP contribution in [0.2, 0.25) is 0 Å². The van der Waals surface area contributed by atoms with Crippen molar-refractivity contribution in [3.8, 4) is 0 Å². The van der Waals surface area contributed by atoms with Gasteiger partial charge in [-0.05, 0) is 49.9 Å². The van der Waals surface area contributed by atoms with Crippen LogP contribution in [0.1, 0.15) is 36.0 Å². The molecule has 0 atom stereocenters. The first kappa shape index (κ1) is 18.9. The molecule has 1 saturated heterocycles. The lowest BCUT2D eigenvalue weighted by Crippen LogP contribution is -2.40. The summed E-state index contributed by atoms with van der Waals surface area (Å²) in [6.45, 7) is 8.51. The van der Waals surface area contributed by atoms with Crippen LogP contribution in [0.4, 0.5) is 5.69 Å². The fourth-order valence-electron chi connectivity index (χ4n) is 2.90. The number of aliphatic hydroxyl groups is 1. The van der Waals surface area contributed by atoms with Crippen LogP contribution in [0.3, 0.4) is 0 Å². The zero-order valence-electron chi connectivity index (χ0n) is 14.5. The van der Waals surface area contributed by atoms with Gasteiger partial charge in [0.2, 0.25) is 5.91 Å². The van der Waals surface area contributed by atoms with Crippen molar-refractivity contribution in [3.63, 3.8) is 0 Å². The Labute approximate surface area is 149 Å². The second-order valence-electron chi connectivity index (χ2n) is 6.34. The fraction of sp³-hybridized carbons (Fsp3) is 0.400. The van der Waals surface area contributed by atoms with Crippen LogP contribution in [0, 0.1) is 5.92 Å². The third-order valence-electron chi connectivity index (χ3n) is 4.42. The molecular formula is C20H26N2O3. The highest BCUT2D eigenvalue weighted by molar-refractivity contribution is 5.96. The summed E-state index contributed by atoms with van der Waals surface area (Å²) in [5, 5.41) is 12.4. The van der Waals surface area contributed by atoms with Gasteiger partial charge >= 0.3 is 0 Å². The van der Waals surface area contributed by atoms with Crippen LogP contribution in [0.15, 0.2) is 49.6 Å². The molecule has 1 aliphatic heterocycles. The third kappa shape index (κ3) is 5.29. The number of nitrogens with one attached hydrogen (secondary N) is 1. The number of carbonyl (C=O) groups is 2. The van der Waals surface area contributed by atoms with E-state index in [9.17, 15) is 14.7 Å². The van der Waals surface area contributed by atoms with E-state index in [4.69, 9.17) is 0 Å². The minimum Gasteiger partial charge on any atom is -0.393 e. The number of amides is 2. The van der Waals surface area contributed by atoms with Crippen molar-refractivity contribution in [1.29, 1.82) is 0 Å². The molecule has 2 amide bonds. The number of allylic oxidation sites excluding steroid dienone is 2. The Morgan fingerprint density at radius 2 is 1.72 bits per heavy atom. The summed E-state index contributed by atoms with van der Waals surface area (Å²) in [5.41, 5.74) is 1.25. The summed E-state index contributed by atoms with van der Waals surface area (Å²) in [6.07, 6.45) is 5.57. The molecule has 1 heterocycles. The maximum absolute atomic E-state index is 12.5. The number of carbonyl (C=O) groups excluding carboxylic acids is 2. The molecule has 0 bridgehead atoms. The third-order valence-corrected chi connectivity index (χ3v) is 4.42. The summed E-state index contributed by atoms with van der Waals surface area (Å²) >= 11 is 0. The number of hydrogen-bond acceptors (Lipinski definition) is 3. The first-order chi connectivity index (χ1) is 12.0. The number of benzene rings is 1. The van der Waals surface area contributed by atoms with Crippen molar-refractivity contribution in [3.05, 3.63) is 55.1 Å². The van der Waals surface area contributed by atoms with E-state index < -0.39 is 0 Å². The van der Waals surface area contributed by atoms with Crippen LogP contribution in [-0.2, 0) is 4.79 Å². The smallest absolute Gasteiger partial charge is 0.253 e. The second-order valence-corrected chi connectivity index (χ2v) is 6.34. The minimum atomic E-state index is -0.305. The molecule has 1 fully saturated rings. The summed E-state index contributed by atoms with van der Waals surface area (Å²) < 4.78 is 0. The molecule has 0 aliphatic carbocycles. The molecule has 2 N–H and O–H groups in total. The molecule has 1 aliphatic rings. The normalized spacial score (nSPS) is 15.0. The Morgan fingerprint density at radius 1 is 1.16 bits per heavy atom. The summed E-state index contributed by atoms with van der Waals surface area (Å²) in [6, 6.07) is 6.92. The number of aliphatic hydroxyl groups excluding tert-OH is 1. The molecule has 5 heteroatoms. The Balaban J connectivity index is 1.97. The van der Waals surface area contributed by atoms with Crippen molar-refractivity contribution >= 4 is 17.5 Å². The lowest BCUT2D eigenvalue weighted by atomic mass is 10.0. The lowest BCUT2D eigenvalue weighted by molar-refractivity contribution is -0.119. The summed E-state index contributed by atoms with van der Waals surface area (Å²) in [7, 11) is 0. The highest BCUT2D eigenvalue weighted by atomic mass is 16.3. The molecule has 5 nitrogen and oxygen atoms in total. The Kier molecular flexibility index (Phi) is 6.95. The van der Waals surface area contributed by atoms with Gasteiger partial charge in [-0.3, -0.25) is 9.59 Å². The molecule has 134 valence electrons. The van der Waals surface area contributed by atoms with Gasteiger partial charge in [-0.1, -0.05) is 12.2 Å². The van der Waals surface area contributed by atoms with E-state index in [-0.39, 0.29) is 23.8 Å². The van der Waals surface area contributed by atoms with E-state index in [0.29, 0.717) is 50.0 Å². The van der Waals surface area contributed by atoms with E-state index in [2.05, 4.69) is 18.5 Å². The maximum atomic E-state index is 12.5. The second kappa shape index (κ2) is 9.18. The van der Waals surface area contributed by atoms with Gasteiger partial charge in [-0.2, -0.15) is 0 Å². The van der Waals surface area contributed by atoms with Gasteiger partial charge in [-0.15, -0.1) is 13.2 Å². The first-order valence-electron chi connectivity index (χ1n) is 8.65. The molecule has 0 unspecified atom stereocenters. The summed E-state index contributed by atoms with van der Waals surface area (Å²) in [5.74, 6) is -0.305. The molecule has 25 heavy (non-hydrogen) atoms. The van der Waals surface area contributed by atoms with E-state index in [1.54, 1.807) is 41.3 Å². The SMILES string of the molecule is C=CCC(CC=C)C(=O)Nc1ccc(C(=O)N2CCC(O)CC2)cc1. The topological polar surface area (TPSA) is 69.6 Å². The monoisotopic (exact) mass is 342 g/mol. The quantitative estimate of drug-likeness (QED) is 0.749. The largest absolute Gasteiger partial charge is 0.393 e. The molecule has 1 aromatic rings. The van der Waals surface area contributed by atoms with Crippen LogP contribution < -0.4 is 5.32 Å². The van der Waals surface area contributed by atoms with Crippen molar-refractivity contribution in [2.75, 3.05) is 18.4 Å². The minimum absolute atomic E-state index is 0.0408. The molecule has 0 spiro atoms. The Morgan fingerprint density at radius 3 is 2.24 bits per heavy atom. The van der Waals surface area contributed by atoms with E-state index in [1.165, 1.54) is 0 Å². The summed E-state index contributed by atoms with van der Waals surface area (Å²) in [4.78, 5) is 26.5. The average molecular weight is 342 g/mol. The van der Waals surface area contributed by atoms with Crippen molar-refractivity contribution in [1.82, 2.24) is 4.90 Å². The van der Waals surface area contributed by atoms with Gasteiger partial charge in [0.05, 0.1) is 6.10 Å². The molecule has 2 rings (SSSR count). The van der Waals surface area contributed by atoms with Gasteiger partial charge in [-0.25, -0.2) is 0 Å². The number of anilines is 1. The van der Waals surface area contributed by atoms with Gasteiger partial charge in [0.25, 0.3) is 5.91 Å². The number of likely N-dealkylation sites (tertiary alicyclic amines) is 1. The van der Waals surface area contributed by atoms with Crippen LogP contribution in [0.25, 0.3) is 0 Å². The van der Waals surface area contributed by atoms with E-state index in [0.717, 1.165) is 0 Å². The zero-order valence-corrected chi connectivity index (χ0v) is 14.5. The molecule has 0 saturated carbocycles. The van der Waals surface area contributed by atoms with Crippen LogP contribution in [0.5, 0.6) is 0 Å². The molecular weight excluding hydrogens is 316 g/mol. The predicted octanol–water partition coefficient (Wildman–Crippen LogP) is 2.99. The first-order valence-corrected chi connectivity index (χ1v) is 8.65. The van der Waals surface area contributed by atoms with Crippen molar-refractivity contribution in [2.45, 2.75) is 31.8 Å². The van der Waals surface area contributed by atoms with Crippen molar-refractivity contribution in [2.24, 2.45) is 5.92 Å². The molecule has 1 aromatic carbocycles. The van der Waals surface area contributed by atoms with E-state index >= 15 is 0 Å². The van der Waals surface area contributed by atoms with Gasteiger partial charge in [0, 0.05) is 30.3 Å². The van der Waals surface area contributed by atoms with Gasteiger partial charge < -0.3 is 15.3 Å². The molecule has 0 aromatic heterocycles. The van der Waals surface area contributed by atoms with E-state index in [1.807, 2.05) is 0 Å². The fourth-order valence-corrected chi connectivity index (χ4v) is 2.90.